The number of fused-ring (bicyclic) bond motifs is 3. The van der Waals surface area contributed by atoms with E-state index in [9.17, 15) is 9.18 Å². The highest BCUT2D eigenvalue weighted by atomic mass is 19.1. The van der Waals surface area contributed by atoms with E-state index in [4.69, 9.17) is 4.74 Å². The molecule has 3 nitrogen and oxygen atoms in total. The molecule has 4 rings (SSSR count). The molecule has 0 aromatic heterocycles. The summed E-state index contributed by atoms with van der Waals surface area (Å²) >= 11 is 0. The molecule has 1 aliphatic carbocycles. The molecule has 1 aliphatic heterocycles. The molecular formula is C21H20FNO2. The standard InChI is InChI=1S/C21H20FNO2/c1-2-25-21(24)18-11-5-10-17-15-8-4-9-16(15)19(23-20(17)18)13-6-3-7-14(22)12-13/h3-8,10-12,15-16,19,23H,2,9H2,1H3/t15-,16-,19-/m1/s1. The van der Waals surface area contributed by atoms with Gasteiger partial charge in [0.25, 0.3) is 0 Å². The first kappa shape index (κ1) is 15.9. The number of para-hydroxylation sites is 1. The van der Waals surface area contributed by atoms with E-state index in [1.165, 1.54) is 6.07 Å². The quantitative estimate of drug-likeness (QED) is 0.644. The summed E-state index contributed by atoms with van der Waals surface area (Å²) in [6.45, 7) is 2.13. The lowest BCUT2D eigenvalue weighted by Crippen LogP contribution is -2.30. The Balaban J connectivity index is 1.80. The Morgan fingerprint density at radius 2 is 2.12 bits per heavy atom. The Morgan fingerprint density at radius 1 is 1.28 bits per heavy atom. The Morgan fingerprint density at radius 3 is 2.92 bits per heavy atom. The zero-order valence-corrected chi connectivity index (χ0v) is 14.0. The van der Waals surface area contributed by atoms with Gasteiger partial charge in [0.2, 0.25) is 0 Å². The van der Waals surface area contributed by atoms with Gasteiger partial charge in [-0.1, -0.05) is 36.4 Å². The van der Waals surface area contributed by atoms with Crippen LogP contribution in [0.1, 0.15) is 46.8 Å². The minimum atomic E-state index is -0.328. The van der Waals surface area contributed by atoms with Crippen LogP contribution in [0.4, 0.5) is 10.1 Å². The van der Waals surface area contributed by atoms with Crippen LogP contribution in [-0.4, -0.2) is 12.6 Å². The van der Waals surface area contributed by atoms with E-state index in [-0.39, 0.29) is 23.7 Å². The first-order valence-corrected chi connectivity index (χ1v) is 8.67. The minimum absolute atomic E-state index is 0.0428. The number of hydrogen-bond donors (Lipinski definition) is 1. The fraction of sp³-hybridized carbons (Fsp3) is 0.286. The van der Waals surface area contributed by atoms with Crippen LogP contribution in [0, 0.1) is 11.7 Å². The van der Waals surface area contributed by atoms with Gasteiger partial charge in [0.1, 0.15) is 5.82 Å². The third kappa shape index (κ3) is 2.72. The zero-order chi connectivity index (χ0) is 17.4. The largest absolute Gasteiger partial charge is 0.462 e. The Bertz CT molecular complexity index is 846. The van der Waals surface area contributed by atoms with Crippen LogP contribution >= 0.6 is 0 Å². The van der Waals surface area contributed by atoms with Crippen LogP contribution in [0.25, 0.3) is 0 Å². The van der Waals surface area contributed by atoms with Crippen molar-refractivity contribution in [3.8, 4) is 0 Å². The maximum absolute atomic E-state index is 13.8. The molecule has 3 atom stereocenters. The molecule has 0 bridgehead atoms. The molecule has 0 spiro atoms. The van der Waals surface area contributed by atoms with E-state index in [1.807, 2.05) is 12.1 Å². The van der Waals surface area contributed by atoms with E-state index >= 15 is 0 Å². The monoisotopic (exact) mass is 337 g/mol. The maximum atomic E-state index is 13.8. The molecule has 25 heavy (non-hydrogen) atoms. The third-order valence-electron chi connectivity index (χ3n) is 5.10. The van der Waals surface area contributed by atoms with Gasteiger partial charge in [0, 0.05) is 5.92 Å². The number of carbonyl (C=O) groups excluding carboxylic acids is 1. The van der Waals surface area contributed by atoms with Gasteiger partial charge in [-0.2, -0.15) is 0 Å². The van der Waals surface area contributed by atoms with Crippen LogP contribution in [-0.2, 0) is 4.74 Å². The SMILES string of the molecule is CCOC(=O)c1cccc2c1N[C@H](c1cccc(F)c1)[C@@H]1CC=C[C@@H]21. The van der Waals surface area contributed by atoms with Gasteiger partial charge in [-0.3, -0.25) is 0 Å². The molecule has 0 radical (unpaired) electrons. The number of esters is 1. The highest BCUT2D eigenvalue weighted by molar-refractivity contribution is 5.97. The summed E-state index contributed by atoms with van der Waals surface area (Å²) in [4.78, 5) is 12.4. The molecule has 0 fully saturated rings. The molecule has 2 aromatic carbocycles. The predicted molar refractivity (Wildman–Crippen MR) is 95.2 cm³/mol. The number of nitrogens with one attached hydrogen (secondary N) is 1. The molecule has 0 saturated carbocycles. The van der Waals surface area contributed by atoms with E-state index in [1.54, 1.807) is 25.1 Å². The van der Waals surface area contributed by atoms with E-state index < -0.39 is 0 Å². The van der Waals surface area contributed by atoms with Crippen molar-refractivity contribution in [1.29, 1.82) is 0 Å². The second-order valence-electron chi connectivity index (χ2n) is 6.52. The summed E-state index contributed by atoms with van der Waals surface area (Å²) in [5.41, 5.74) is 3.36. The summed E-state index contributed by atoms with van der Waals surface area (Å²) in [6, 6.07) is 12.4. The van der Waals surface area contributed by atoms with Gasteiger partial charge in [-0.15, -0.1) is 0 Å². The topological polar surface area (TPSA) is 38.3 Å². The lowest BCUT2D eigenvalue weighted by atomic mass is 9.76. The molecular weight excluding hydrogens is 317 g/mol. The number of ether oxygens (including phenoxy) is 1. The molecule has 0 amide bonds. The van der Waals surface area contributed by atoms with E-state index in [0.29, 0.717) is 18.1 Å². The number of rotatable bonds is 3. The van der Waals surface area contributed by atoms with Crippen molar-refractivity contribution in [3.05, 3.63) is 77.1 Å². The summed E-state index contributed by atoms with van der Waals surface area (Å²) in [6.07, 6.45) is 5.31. The fourth-order valence-corrected chi connectivity index (χ4v) is 4.03. The van der Waals surface area contributed by atoms with E-state index in [2.05, 4.69) is 23.5 Å². The number of benzene rings is 2. The van der Waals surface area contributed by atoms with Crippen LogP contribution in [0.3, 0.4) is 0 Å². The maximum Gasteiger partial charge on any atom is 0.340 e. The molecule has 2 aromatic rings. The molecule has 1 heterocycles. The van der Waals surface area contributed by atoms with Crippen molar-refractivity contribution in [2.24, 2.45) is 5.92 Å². The smallest absolute Gasteiger partial charge is 0.340 e. The van der Waals surface area contributed by atoms with Crippen molar-refractivity contribution in [3.63, 3.8) is 0 Å². The van der Waals surface area contributed by atoms with Gasteiger partial charge < -0.3 is 10.1 Å². The van der Waals surface area contributed by atoms with Crippen molar-refractivity contribution < 1.29 is 13.9 Å². The number of carbonyl (C=O) groups is 1. The summed E-state index contributed by atoms with van der Waals surface area (Å²) in [5, 5.41) is 3.51. The van der Waals surface area contributed by atoms with Gasteiger partial charge >= 0.3 is 5.97 Å². The molecule has 2 aliphatic rings. The van der Waals surface area contributed by atoms with Crippen LogP contribution in [0.15, 0.2) is 54.6 Å². The number of anilines is 1. The first-order chi connectivity index (χ1) is 12.2. The van der Waals surface area contributed by atoms with Gasteiger partial charge in [-0.25, -0.2) is 9.18 Å². The fourth-order valence-electron chi connectivity index (χ4n) is 4.03. The second-order valence-corrected chi connectivity index (χ2v) is 6.52. The predicted octanol–water partition coefficient (Wildman–Crippen LogP) is 4.83. The van der Waals surface area contributed by atoms with Crippen molar-refractivity contribution in [2.75, 3.05) is 11.9 Å². The normalized spacial score (nSPS) is 23.5. The van der Waals surface area contributed by atoms with Gasteiger partial charge in [0.15, 0.2) is 0 Å². The van der Waals surface area contributed by atoms with Crippen molar-refractivity contribution in [1.82, 2.24) is 0 Å². The number of halogens is 1. The highest BCUT2D eigenvalue weighted by Gasteiger charge is 2.39. The minimum Gasteiger partial charge on any atom is -0.462 e. The molecule has 4 heteroatoms. The van der Waals surface area contributed by atoms with E-state index in [0.717, 1.165) is 23.2 Å². The molecule has 1 N–H and O–H groups in total. The van der Waals surface area contributed by atoms with Gasteiger partial charge in [-0.05, 0) is 48.6 Å². The molecule has 0 unspecified atom stereocenters. The van der Waals surface area contributed by atoms with Crippen molar-refractivity contribution >= 4 is 11.7 Å². The Kier molecular flexibility index (Phi) is 4.04. The lowest BCUT2D eigenvalue weighted by molar-refractivity contribution is 0.0527. The lowest BCUT2D eigenvalue weighted by Gasteiger charge is -2.38. The van der Waals surface area contributed by atoms with Crippen LogP contribution in [0.5, 0.6) is 0 Å². The summed E-state index contributed by atoms with van der Waals surface area (Å²) in [5.74, 6) is -0.0396. The van der Waals surface area contributed by atoms with Crippen molar-refractivity contribution in [2.45, 2.75) is 25.3 Å². The Hall–Kier alpha value is -2.62. The average molecular weight is 337 g/mol. The Labute approximate surface area is 146 Å². The molecule has 0 saturated heterocycles. The zero-order valence-electron chi connectivity index (χ0n) is 14.0. The summed E-state index contributed by atoms with van der Waals surface area (Å²) < 4.78 is 19.0. The average Bonchev–Trinajstić information content (AvgIpc) is 3.10. The van der Waals surface area contributed by atoms with Crippen LogP contribution < -0.4 is 5.32 Å². The second kappa shape index (κ2) is 6.36. The number of hydrogen-bond acceptors (Lipinski definition) is 3. The first-order valence-electron chi connectivity index (χ1n) is 8.67. The molecule has 128 valence electrons. The van der Waals surface area contributed by atoms with Gasteiger partial charge in [0.05, 0.1) is 23.9 Å². The highest BCUT2D eigenvalue weighted by Crippen LogP contribution is 2.50. The number of allylic oxidation sites excluding steroid dienone is 2. The third-order valence-corrected chi connectivity index (χ3v) is 5.10. The summed E-state index contributed by atoms with van der Waals surface area (Å²) in [7, 11) is 0. The van der Waals surface area contributed by atoms with Crippen LogP contribution in [0.2, 0.25) is 0 Å².